The van der Waals surface area contributed by atoms with Crippen molar-refractivity contribution in [2.24, 2.45) is 5.41 Å². The van der Waals surface area contributed by atoms with Crippen LogP contribution in [0.25, 0.3) is 0 Å². The van der Waals surface area contributed by atoms with Gasteiger partial charge in [-0.05, 0) is 49.3 Å². The highest BCUT2D eigenvalue weighted by molar-refractivity contribution is 6.35. The Morgan fingerprint density at radius 2 is 1.94 bits per heavy atom. The zero-order valence-corrected chi connectivity index (χ0v) is 12.8. The molecule has 18 heavy (non-hydrogen) atoms. The summed E-state index contributed by atoms with van der Waals surface area (Å²) in [4.78, 5) is 0. The number of rotatable bonds is 2. The standard InChI is InChI=1S/C15H21Cl2N/c1-10-7-13(17)14(8-12(10)16)18-11-5-4-6-15(2,3)9-11/h7-8,11,18H,4-6,9H2,1-3H3. The quantitative estimate of drug-likeness (QED) is 0.737. The van der Waals surface area contributed by atoms with Crippen LogP contribution in [-0.4, -0.2) is 6.04 Å². The van der Waals surface area contributed by atoms with Crippen LogP contribution in [0.3, 0.4) is 0 Å². The molecule has 1 aliphatic carbocycles. The summed E-state index contributed by atoms with van der Waals surface area (Å²) in [5, 5.41) is 5.10. The first-order valence-corrected chi connectivity index (χ1v) is 7.35. The maximum atomic E-state index is 6.27. The fourth-order valence-corrected chi connectivity index (χ4v) is 3.23. The third-order valence-corrected chi connectivity index (χ3v) is 4.53. The number of benzene rings is 1. The van der Waals surface area contributed by atoms with E-state index in [1.807, 2.05) is 19.1 Å². The predicted octanol–water partition coefficient (Wildman–Crippen LogP) is 5.68. The van der Waals surface area contributed by atoms with E-state index in [0.717, 1.165) is 21.3 Å². The van der Waals surface area contributed by atoms with Gasteiger partial charge >= 0.3 is 0 Å². The van der Waals surface area contributed by atoms with Crippen molar-refractivity contribution in [2.45, 2.75) is 52.5 Å². The molecule has 1 atom stereocenters. The monoisotopic (exact) mass is 285 g/mol. The molecule has 2 rings (SSSR count). The second-order valence-electron chi connectivity index (χ2n) is 6.18. The molecule has 1 nitrogen and oxygen atoms in total. The SMILES string of the molecule is Cc1cc(Cl)c(NC2CCCC(C)(C)C2)cc1Cl. The molecule has 0 radical (unpaired) electrons. The normalized spacial score (nSPS) is 22.8. The van der Waals surface area contributed by atoms with Crippen LogP contribution in [0.5, 0.6) is 0 Å². The third kappa shape index (κ3) is 3.33. The summed E-state index contributed by atoms with van der Waals surface area (Å²) in [6, 6.07) is 4.38. The van der Waals surface area contributed by atoms with Gasteiger partial charge in [-0.3, -0.25) is 0 Å². The summed E-state index contributed by atoms with van der Waals surface area (Å²) < 4.78 is 0. The van der Waals surface area contributed by atoms with Crippen LogP contribution >= 0.6 is 23.2 Å². The molecule has 1 aromatic carbocycles. The highest BCUT2D eigenvalue weighted by Gasteiger charge is 2.28. The van der Waals surface area contributed by atoms with Gasteiger partial charge in [0.25, 0.3) is 0 Å². The summed E-state index contributed by atoms with van der Waals surface area (Å²) in [7, 11) is 0. The van der Waals surface area contributed by atoms with E-state index in [1.54, 1.807) is 0 Å². The van der Waals surface area contributed by atoms with Crippen LogP contribution in [0.15, 0.2) is 12.1 Å². The van der Waals surface area contributed by atoms with E-state index in [2.05, 4.69) is 19.2 Å². The maximum absolute atomic E-state index is 6.27. The van der Waals surface area contributed by atoms with Crippen LogP contribution in [0.1, 0.15) is 45.1 Å². The molecular formula is C15H21Cl2N. The van der Waals surface area contributed by atoms with Gasteiger partial charge < -0.3 is 5.32 Å². The molecule has 0 heterocycles. The maximum Gasteiger partial charge on any atom is 0.0641 e. The van der Waals surface area contributed by atoms with Crippen molar-refractivity contribution in [3.63, 3.8) is 0 Å². The number of halogens is 2. The van der Waals surface area contributed by atoms with Crippen LogP contribution < -0.4 is 5.32 Å². The van der Waals surface area contributed by atoms with Gasteiger partial charge in [-0.25, -0.2) is 0 Å². The molecular weight excluding hydrogens is 265 g/mol. The average Bonchev–Trinajstić information content (AvgIpc) is 2.24. The molecule has 1 unspecified atom stereocenters. The number of hydrogen-bond donors (Lipinski definition) is 1. The minimum absolute atomic E-state index is 0.427. The van der Waals surface area contributed by atoms with Crippen LogP contribution in [0.2, 0.25) is 10.0 Å². The smallest absolute Gasteiger partial charge is 0.0641 e. The fourth-order valence-electron chi connectivity index (χ4n) is 2.80. The van der Waals surface area contributed by atoms with Crippen LogP contribution in [0.4, 0.5) is 5.69 Å². The van der Waals surface area contributed by atoms with Crippen molar-refractivity contribution in [2.75, 3.05) is 5.32 Å². The largest absolute Gasteiger partial charge is 0.381 e. The molecule has 1 fully saturated rings. The Balaban J connectivity index is 2.12. The Morgan fingerprint density at radius 1 is 1.22 bits per heavy atom. The Kier molecular flexibility index (Phi) is 4.13. The van der Waals surface area contributed by atoms with Gasteiger partial charge in [0.15, 0.2) is 0 Å². The number of nitrogens with one attached hydrogen (secondary N) is 1. The molecule has 0 bridgehead atoms. The molecule has 1 saturated carbocycles. The summed E-state index contributed by atoms with van der Waals surface area (Å²) in [5.41, 5.74) is 2.42. The van der Waals surface area contributed by atoms with Gasteiger partial charge in [0, 0.05) is 11.1 Å². The summed E-state index contributed by atoms with van der Waals surface area (Å²) in [5.74, 6) is 0. The van der Waals surface area contributed by atoms with Crippen molar-refractivity contribution < 1.29 is 0 Å². The molecule has 0 aliphatic heterocycles. The van der Waals surface area contributed by atoms with E-state index in [9.17, 15) is 0 Å². The molecule has 1 aliphatic rings. The number of aryl methyl sites for hydroxylation is 1. The van der Waals surface area contributed by atoms with E-state index >= 15 is 0 Å². The minimum Gasteiger partial charge on any atom is -0.381 e. The molecule has 0 aromatic heterocycles. The topological polar surface area (TPSA) is 12.0 Å². The van der Waals surface area contributed by atoms with Gasteiger partial charge in [0.2, 0.25) is 0 Å². The van der Waals surface area contributed by atoms with Crippen molar-refractivity contribution >= 4 is 28.9 Å². The molecule has 0 saturated heterocycles. The van der Waals surface area contributed by atoms with E-state index in [0.29, 0.717) is 11.5 Å². The molecule has 1 aromatic rings. The molecule has 0 spiro atoms. The van der Waals surface area contributed by atoms with Gasteiger partial charge in [0.05, 0.1) is 10.7 Å². The highest BCUT2D eigenvalue weighted by Crippen LogP contribution is 2.38. The first kappa shape index (κ1) is 14.0. The molecule has 100 valence electrons. The Morgan fingerprint density at radius 3 is 2.61 bits per heavy atom. The van der Waals surface area contributed by atoms with E-state index in [4.69, 9.17) is 23.2 Å². The van der Waals surface area contributed by atoms with Gasteiger partial charge in [-0.2, -0.15) is 0 Å². The lowest BCUT2D eigenvalue weighted by molar-refractivity contribution is 0.229. The van der Waals surface area contributed by atoms with E-state index < -0.39 is 0 Å². The number of anilines is 1. The van der Waals surface area contributed by atoms with Crippen LogP contribution in [-0.2, 0) is 0 Å². The summed E-state index contributed by atoms with van der Waals surface area (Å²) >= 11 is 12.4. The second-order valence-corrected chi connectivity index (χ2v) is 7.00. The lowest BCUT2D eigenvalue weighted by Crippen LogP contribution is -2.31. The third-order valence-electron chi connectivity index (χ3n) is 3.81. The molecule has 3 heteroatoms. The van der Waals surface area contributed by atoms with Crippen LogP contribution in [0, 0.1) is 12.3 Å². The summed E-state index contributed by atoms with van der Waals surface area (Å²) in [6.45, 7) is 6.65. The first-order valence-electron chi connectivity index (χ1n) is 6.59. The minimum atomic E-state index is 0.427. The Hall–Kier alpha value is -0.400. The average molecular weight is 286 g/mol. The van der Waals surface area contributed by atoms with Crippen molar-refractivity contribution in [3.8, 4) is 0 Å². The lowest BCUT2D eigenvalue weighted by Gasteiger charge is -2.36. The Labute approximate surface area is 120 Å². The van der Waals surface area contributed by atoms with E-state index in [-0.39, 0.29) is 0 Å². The van der Waals surface area contributed by atoms with Crippen molar-refractivity contribution in [1.29, 1.82) is 0 Å². The Bertz CT molecular complexity index is 440. The first-order chi connectivity index (χ1) is 8.37. The molecule has 0 amide bonds. The van der Waals surface area contributed by atoms with Gasteiger partial charge in [0.1, 0.15) is 0 Å². The van der Waals surface area contributed by atoms with E-state index in [1.165, 1.54) is 25.7 Å². The predicted molar refractivity (Wildman–Crippen MR) is 80.9 cm³/mol. The van der Waals surface area contributed by atoms with Crippen molar-refractivity contribution in [1.82, 2.24) is 0 Å². The zero-order valence-electron chi connectivity index (χ0n) is 11.3. The van der Waals surface area contributed by atoms with Crippen molar-refractivity contribution in [3.05, 3.63) is 27.7 Å². The number of hydrogen-bond acceptors (Lipinski definition) is 1. The second kappa shape index (κ2) is 5.30. The highest BCUT2D eigenvalue weighted by atomic mass is 35.5. The van der Waals surface area contributed by atoms with Gasteiger partial charge in [-0.15, -0.1) is 0 Å². The van der Waals surface area contributed by atoms with Gasteiger partial charge in [-0.1, -0.05) is 43.5 Å². The zero-order chi connectivity index (χ0) is 13.3. The summed E-state index contributed by atoms with van der Waals surface area (Å²) in [6.07, 6.45) is 5.00. The fraction of sp³-hybridized carbons (Fsp3) is 0.600. The molecule has 1 N–H and O–H groups in total. The lowest BCUT2D eigenvalue weighted by atomic mass is 9.75.